The number of alkyl halides is 3. The van der Waals surface area contributed by atoms with Crippen molar-refractivity contribution in [2.24, 2.45) is 5.41 Å². The van der Waals surface area contributed by atoms with Gasteiger partial charge in [0, 0.05) is 31.8 Å². The molecule has 13 nitrogen and oxygen atoms in total. The number of nitrogens with one attached hydrogen (secondary N) is 1. The fourth-order valence-corrected chi connectivity index (χ4v) is 8.19. The zero-order valence-corrected chi connectivity index (χ0v) is 33.4. The molecule has 1 amide bonds. The second-order valence-corrected chi connectivity index (χ2v) is 16.5. The number of benzene rings is 1. The summed E-state index contributed by atoms with van der Waals surface area (Å²) in [5.74, 6) is -3.80. The number of fused-ring (bicyclic) bond motifs is 4. The van der Waals surface area contributed by atoms with Crippen LogP contribution in [0.2, 0.25) is 0 Å². The number of halogens is 3. The second kappa shape index (κ2) is 18.6. The summed E-state index contributed by atoms with van der Waals surface area (Å²) in [6, 6.07) is 4.59. The van der Waals surface area contributed by atoms with Crippen LogP contribution in [0, 0.1) is 5.41 Å². The van der Waals surface area contributed by atoms with Crippen molar-refractivity contribution in [2.45, 2.75) is 166 Å². The number of hydroxylamine groups is 2. The van der Waals surface area contributed by atoms with E-state index in [1.165, 1.54) is 11.1 Å². The monoisotopic (exact) mass is 810 g/mol. The number of aliphatic hydroxyl groups excluding tert-OH is 1. The predicted molar refractivity (Wildman–Crippen MR) is 198 cm³/mol. The van der Waals surface area contributed by atoms with E-state index >= 15 is 0 Å². The Kier molecular flexibility index (Phi) is 14.5. The topological polar surface area (TPSA) is 159 Å². The van der Waals surface area contributed by atoms with Crippen LogP contribution in [-0.2, 0) is 54.2 Å². The number of aliphatic hydroxyl groups is 1. The molecule has 16 heteroatoms. The number of nitrogens with zero attached hydrogens (tertiary/aromatic N) is 1. The van der Waals surface area contributed by atoms with Gasteiger partial charge in [-0.15, -0.1) is 0 Å². The van der Waals surface area contributed by atoms with Crippen molar-refractivity contribution in [1.82, 2.24) is 10.4 Å². The van der Waals surface area contributed by atoms with Crippen LogP contribution in [-0.4, -0.2) is 101 Å². The predicted octanol–water partition coefficient (Wildman–Crippen LogP) is 5.85. The molecule has 5 rings (SSSR count). The SMILES string of the molecule is CCCCCC1(CCCCC)O[C@@H]2[C@H](O1)[C@H]1ON(Cc3ccc(C=CC(=O)OCC(F)(F)F)cc3)[C@H]3C(=O)O[C@@H]2C[C@@]13C(=O)N[C@H](CO)CCC(=O)OC(C)(C)C. The molecule has 4 fully saturated rings. The minimum atomic E-state index is -4.64. The molecule has 0 spiro atoms. The Morgan fingerprint density at radius 2 is 1.67 bits per heavy atom. The van der Waals surface area contributed by atoms with Crippen LogP contribution in [0.5, 0.6) is 0 Å². The standard InChI is InChI=1S/C41H57F3N2O11/c1-6-8-10-20-39(21-11-9-7-2)55-32-29-22-40(37(51)45-28(24-47)17-19-31(49)54-38(3,4)5)34(36(50)53-29)46(57-35(40)33(32)56-39)23-27-14-12-26(13-15-27)16-18-30(48)52-25-41(42,43)44/h12-16,18,28-29,32-35,47H,6-11,17,19-25H2,1-5H3,(H,45,51)/t28-,29+,32-,33-,34-,35+,40-/m0/s1. The number of amides is 1. The third-order valence-electron chi connectivity index (χ3n) is 10.8. The summed E-state index contributed by atoms with van der Waals surface area (Å²) in [7, 11) is 0. The van der Waals surface area contributed by atoms with E-state index in [0.29, 0.717) is 24.0 Å². The van der Waals surface area contributed by atoms with Gasteiger partial charge in [-0.25, -0.2) is 4.79 Å². The van der Waals surface area contributed by atoms with Gasteiger partial charge in [-0.2, -0.15) is 18.2 Å². The van der Waals surface area contributed by atoms with Crippen molar-refractivity contribution >= 4 is 29.9 Å². The molecule has 1 aromatic rings. The number of unbranched alkanes of at least 4 members (excludes halogenated alkanes) is 4. The molecule has 3 heterocycles. The molecule has 318 valence electrons. The number of ether oxygens (including phenoxy) is 5. The highest BCUT2D eigenvalue weighted by Gasteiger charge is 2.76. The van der Waals surface area contributed by atoms with Gasteiger partial charge in [-0.3, -0.25) is 19.2 Å². The molecule has 2 N–H and O–H groups in total. The Bertz CT molecular complexity index is 1590. The molecule has 4 aliphatic rings. The van der Waals surface area contributed by atoms with Gasteiger partial charge in [0.1, 0.15) is 35.4 Å². The van der Waals surface area contributed by atoms with Gasteiger partial charge in [-0.1, -0.05) is 63.8 Å². The molecular formula is C41H57F3N2O11. The maximum absolute atomic E-state index is 14.8. The number of esters is 3. The summed E-state index contributed by atoms with van der Waals surface area (Å²) in [4.78, 5) is 59.8. The molecule has 7 atom stereocenters. The average Bonchev–Trinajstić information content (AvgIpc) is 3.69. The Morgan fingerprint density at radius 3 is 2.26 bits per heavy atom. The molecule has 0 radical (unpaired) electrons. The van der Waals surface area contributed by atoms with Crippen molar-refractivity contribution in [3.05, 3.63) is 41.5 Å². The highest BCUT2D eigenvalue weighted by molar-refractivity contribution is 5.94. The maximum atomic E-state index is 14.8. The third-order valence-corrected chi connectivity index (χ3v) is 10.8. The number of carbonyl (C=O) groups is 4. The highest BCUT2D eigenvalue weighted by Crippen LogP contribution is 2.58. The molecule has 57 heavy (non-hydrogen) atoms. The molecule has 0 unspecified atom stereocenters. The van der Waals surface area contributed by atoms with Gasteiger partial charge in [0.2, 0.25) is 5.91 Å². The van der Waals surface area contributed by atoms with E-state index in [0.717, 1.165) is 44.6 Å². The highest BCUT2D eigenvalue weighted by atomic mass is 19.4. The number of carbonyl (C=O) groups excluding carboxylic acids is 4. The molecule has 2 bridgehead atoms. The van der Waals surface area contributed by atoms with Crippen molar-refractivity contribution in [3.63, 3.8) is 0 Å². The summed E-state index contributed by atoms with van der Waals surface area (Å²) in [5, 5.41) is 14.7. The Labute approximate surface area is 331 Å². The fourth-order valence-electron chi connectivity index (χ4n) is 8.19. The lowest BCUT2D eigenvalue weighted by Crippen LogP contribution is -2.70. The van der Waals surface area contributed by atoms with Crippen molar-refractivity contribution in [1.29, 1.82) is 0 Å². The van der Waals surface area contributed by atoms with E-state index in [1.807, 2.05) is 0 Å². The average molecular weight is 811 g/mol. The van der Waals surface area contributed by atoms with Crippen LogP contribution in [0.25, 0.3) is 6.08 Å². The maximum Gasteiger partial charge on any atom is 0.422 e. The fraction of sp³-hybridized carbons (Fsp3) is 0.707. The lowest BCUT2D eigenvalue weighted by atomic mass is 9.62. The normalized spacial score (nSPS) is 27.2. The largest absolute Gasteiger partial charge is 0.460 e. The van der Waals surface area contributed by atoms with E-state index in [-0.39, 0.29) is 25.8 Å². The molecule has 0 aromatic heterocycles. The molecule has 1 aliphatic carbocycles. The minimum absolute atomic E-state index is 0.0199. The van der Waals surface area contributed by atoms with Crippen LogP contribution >= 0.6 is 0 Å². The van der Waals surface area contributed by atoms with Gasteiger partial charge in [0.05, 0.1) is 19.2 Å². The van der Waals surface area contributed by atoms with E-state index < -0.39 is 96.5 Å². The number of hydrogen-bond donors (Lipinski definition) is 2. The summed E-state index contributed by atoms with van der Waals surface area (Å²) in [5.41, 5.74) is -1.08. The van der Waals surface area contributed by atoms with Gasteiger partial charge in [0.15, 0.2) is 18.4 Å². The summed E-state index contributed by atoms with van der Waals surface area (Å²) in [6.45, 7) is 7.33. The minimum Gasteiger partial charge on any atom is -0.460 e. The van der Waals surface area contributed by atoms with Crippen LogP contribution in [0.4, 0.5) is 13.2 Å². The quantitative estimate of drug-likeness (QED) is 0.0745. The first-order valence-corrected chi connectivity index (χ1v) is 20.1. The Hall–Kier alpha value is -3.57. The van der Waals surface area contributed by atoms with Gasteiger partial charge < -0.3 is 34.1 Å². The zero-order valence-electron chi connectivity index (χ0n) is 33.4. The lowest BCUT2D eigenvalue weighted by Gasteiger charge is -2.49. The molecule has 3 aliphatic heterocycles. The zero-order chi connectivity index (χ0) is 41.6. The number of rotatable bonds is 19. The Balaban J connectivity index is 1.42. The third kappa shape index (κ3) is 10.9. The summed E-state index contributed by atoms with van der Waals surface area (Å²) in [6.07, 6.45) is 1.28. The smallest absolute Gasteiger partial charge is 0.422 e. The van der Waals surface area contributed by atoms with Crippen LogP contribution in [0.3, 0.4) is 0 Å². The molecule has 1 aromatic carbocycles. The van der Waals surface area contributed by atoms with Crippen LogP contribution in [0.1, 0.15) is 116 Å². The van der Waals surface area contributed by atoms with Gasteiger partial charge in [0.25, 0.3) is 0 Å². The lowest BCUT2D eigenvalue weighted by molar-refractivity contribution is -0.224. The van der Waals surface area contributed by atoms with E-state index in [2.05, 4.69) is 23.9 Å². The molecular weight excluding hydrogens is 753 g/mol. The van der Waals surface area contributed by atoms with E-state index in [9.17, 15) is 37.5 Å². The van der Waals surface area contributed by atoms with Crippen molar-refractivity contribution < 1.29 is 66.0 Å². The first kappa shape index (κ1) is 44.5. The van der Waals surface area contributed by atoms with Crippen molar-refractivity contribution in [2.75, 3.05) is 13.2 Å². The van der Waals surface area contributed by atoms with Crippen LogP contribution in [0.15, 0.2) is 30.3 Å². The van der Waals surface area contributed by atoms with Gasteiger partial charge >= 0.3 is 24.1 Å². The summed E-state index contributed by atoms with van der Waals surface area (Å²) >= 11 is 0. The Morgan fingerprint density at radius 1 is 1.02 bits per heavy atom. The van der Waals surface area contributed by atoms with Gasteiger partial charge in [-0.05, 0) is 57.2 Å². The molecule has 1 saturated carbocycles. The summed E-state index contributed by atoms with van der Waals surface area (Å²) < 4.78 is 66.7. The van der Waals surface area contributed by atoms with Crippen molar-refractivity contribution in [3.8, 4) is 0 Å². The van der Waals surface area contributed by atoms with E-state index in [4.69, 9.17) is 23.8 Å². The number of hydrogen-bond acceptors (Lipinski definition) is 12. The van der Waals surface area contributed by atoms with Crippen LogP contribution < -0.4 is 5.32 Å². The molecule has 3 saturated heterocycles. The van der Waals surface area contributed by atoms with E-state index in [1.54, 1.807) is 45.0 Å². The second-order valence-electron chi connectivity index (χ2n) is 16.5. The first-order chi connectivity index (χ1) is 26.9. The first-order valence-electron chi connectivity index (χ1n) is 20.1.